The number of hydrogen-bond donors (Lipinski definition) is 0. The van der Waals surface area contributed by atoms with Gasteiger partial charge in [-0.2, -0.15) is 0 Å². The molecule has 0 rings (SSSR count). The molecule has 0 radical (unpaired) electrons. The van der Waals surface area contributed by atoms with E-state index in [0.717, 1.165) is 21.1 Å². The van der Waals surface area contributed by atoms with Crippen LogP contribution in [0.25, 0.3) is 0 Å². The molecule has 0 aliphatic heterocycles. The molecule has 0 aromatic heterocycles. The predicted molar refractivity (Wildman–Crippen MR) is 12.3 cm³/mol. The first kappa shape index (κ1) is 8.87. The zero-order chi connectivity index (χ0) is 2.71. The zero-order valence-electron chi connectivity index (χ0n) is 1.39. The molecule has 0 amide bonds. The molecule has 4 heavy (non-hydrogen) atoms. The average Bonchev–Trinajstić information content (AvgIpc) is 0.918. The minimum absolute atomic E-state index is 0. The van der Waals surface area contributed by atoms with E-state index in [2.05, 4.69) is 0 Å². The molecule has 0 N–H and O–H groups in total. The molecule has 2 heteroatoms. The number of hydrogen-bond acceptors (Lipinski definition) is 1. The second-order valence-electron chi connectivity index (χ2n) is 0.100. The summed E-state index contributed by atoms with van der Waals surface area (Å²) in [7, 11) is 0. The molecule has 0 bridgehead atoms. The number of rotatable bonds is 0. The van der Waals surface area contributed by atoms with Crippen molar-refractivity contribution < 1.29 is 21.1 Å². The summed E-state index contributed by atoms with van der Waals surface area (Å²) in [5, 5.41) is 7.34. The zero-order valence-corrected chi connectivity index (χ0v) is 3.59. The Labute approximate surface area is 38.5 Å². The molecular weight excluding hydrogens is 131 g/mol. The molecule has 0 aromatic rings. The first-order chi connectivity index (χ1) is 1.41. The summed E-state index contributed by atoms with van der Waals surface area (Å²) in [5.41, 5.74) is 0. The Balaban J connectivity index is 0. The third kappa shape index (κ3) is 63.7. The summed E-state index contributed by atoms with van der Waals surface area (Å²) in [6, 6.07) is 0. The second kappa shape index (κ2) is 10.6. The SMILES string of the molecule is C.N#[C][Nb]. The Hall–Kier alpha value is 0.230. The van der Waals surface area contributed by atoms with Gasteiger partial charge in [-0.25, -0.2) is 0 Å². The third-order valence-electron chi connectivity index (χ3n) is 0. The Morgan fingerprint density at radius 3 is 1.75 bits per heavy atom. The van der Waals surface area contributed by atoms with Gasteiger partial charge in [-0.3, -0.25) is 0 Å². The van der Waals surface area contributed by atoms with E-state index in [1.54, 1.807) is 4.29 Å². The van der Waals surface area contributed by atoms with E-state index in [-0.39, 0.29) is 7.43 Å². The molecule has 0 saturated carbocycles. The van der Waals surface area contributed by atoms with Crippen LogP contribution in [0.2, 0.25) is 0 Å². The minimum atomic E-state index is 0. The number of nitriles is 1. The molecule has 0 atom stereocenters. The van der Waals surface area contributed by atoms with Crippen LogP contribution in [0.5, 0.6) is 0 Å². The van der Waals surface area contributed by atoms with E-state index in [1.165, 1.54) is 0 Å². The molecule has 0 spiro atoms. The van der Waals surface area contributed by atoms with Crippen LogP contribution in [0.3, 0.4) is 0 Å². The normalized spacial score (nSPS) is 1.75. The molecular formula is C2H4NNb. The fraction of sp³-hybridized carbons (Fsp3) is 0.500. The van der Waals surface area contributed by atoms with E-state index in [0.29, 0.717) is 0 Å². The molecule has 0 heterocycles. The summed E-state index contributed by atoms with van der Waals surface area (Å²) in [6.45, 7) is 0. The van der Waals surface area contributed by atoms with Gasteiger partial charge in [-0.15, -0.1) is 0 Å². The van der Waals surface area contributed by atoms with Gasteiger partial charge >= 0.3 is 30.6 Å². The molecule has 1 nitrogen and oxygen atoms in total. The van der Waals surface area contributed by atoms with Crippen molar-refractivity contribution in [2.75, 3.05) is 0 Å². The Kier molecular flexibility index (Phi) is 23.6. The van der Waals surface area contributed by atoms with Gasteiger partial charge < -0.3 is 0 Å². The predicted octanol–water partition coefficient (Wildman–Crippen LogP) is 0.650. The van der Waals surface area contributed by atoms with Crippen LogP contribution in [0, 0.1) is 9.55 Å². The molecule has 0 fully saturated rings. The van der Waals surface area contributed by atoms with Crippen LogP contribution in [-0.4, -0.2) is 0 Å². The van der Waals surface area contributed by atoms with Crippen molar-refractivity contribution in [1.29, 1.82) is 5.26 Å². The van der Waals surface area contributed by atoms with E-state index in [4.69, 9.17) is 5.26 Å². The fourth-order valence-electron chi connectivity index (χ4n) is 0. The fourth-order valence-corrected chi connectivity index (χ4v) is 0. The summed E-state index contributed by atoms with van der Waals surface area (Å²) < 4.78 is 1.80. The summed E-state index contributed by atoms with van der Waals surface area (Å²) in [5.74, 6) is 0. The topological polar surface area (TPSA) is 23.8 Å². The van der Waals surface area contributed by atoms with Crippen LogP contribution in [0.15, 0.2) is 0 Å². The van der Waals surface area contributed by atoms with Crippen LogP contribution in [0.1, 0.15) is 7.43 Å². The van der Waals surface area contributed by atoms with Gasteiger partial charge in [0.25, 0.3) is 0 Å². The van der Waals surface area contributed by atoms with E-state index in [1.807, 2.05) is 0 Å². The van der Waals surface area contributed by atoms with Crippen LogP contribution >= 0.6 is 0 Å². The maximum atomic E-state index is 7.34. The van der Waals surface area contributed by atoms with Crippen LogP contribution in [0.4, 0.5) is 0 Å². The van der Waals surface area contributed by atoms with Crippen molar-refractivity contribution in [3.8, 4) is 4.29 Å². The molecule has 0 aliphatic rings. The van der Waals surface area contributed by atoms with Crippen molar-refractivity contribution in [2.24, 2.45) is 0 Å². The van der Waals surface area contributed by atoms with Crippen molar-refractivity contribution in [3.05, 3.63) is 0 Å². The van der Waals surface area contributed by atoms with E-state index >= 15 is 0 Å². The maximum absolute atomic E-state index is 7.34. The molecule has 0 aromatic carbocycles. The van der Waals surface area contributed by atoms with Gasteiger partial charge in [0.05, 0.1) is 0 Å². The van der Waals surface area contributed by atoms with Gasteiger partial charge in [0.2, 0.25) is 0 Å². The Morgan fingerprint density at radius 1 is 1.75 bits per heavy atom. The molecule has 22 valence electrons. The van der Waals surface area contributed by atoms with Gasteiger partial charge in [0, 0.05) is 0 Å². The summed E-state index contributed by atoms with van der Waals surface area (Å²) in [4.78, 5) is 0. The van der Waals surface area contributed by atoms with Crippen molar-refractivity contribution >= 4 is 0 Å². The van der Waals surface area contributed by atoms with Gasteiger partial charge in [-0.1, -0.05) is 7.43 Å². The quantitative estimate of drug-likeness (QED) is 0.447. The van der Waals surface area contributed by atoms with Crippen molar-refractivity contribution in [1.82, 2.24) is 0 Å². The number of nitrogens with zero attached hydrogens (tertiary/aromatic N) is 1. The molecule has 0 unspecified atom stereocenters. The van der Waals surface area contributed by atoms with E-state index in [9.17, 15) is 0 Å². The molecule has 0 aliphatic carbocycles. The average molecular weight is 135 g/mol. The summed E-state index contributed by atoms with van der Waals surface area (Å²) in [6.07, 6.45) is 0. The van der Waals surface area contributed by atoms with Gasteiger partial charge in [-0.05, 0) is 0 Å². The summed E-state index contributed by atoms with van der Waals surface area (Å²) >= 11 is 1.16. The van der Waals surface area contributed by atoms with Crippen LogP contribution in [-0.2, 0) is 21.1 Å². The van der Waals surface area contributed by atoms with Crippen LogP contribution < -0.4 is 0 Å². The Morgan fingerprint density at radius 2 is 1.75 bits per heavy atom. The standard InChI is InChI=1S/CN.CH4.Nb/c1-2;;/h;1H4;. The van der Waals surface area contributed by atoms with Crippen molar-refractivity contribution in [3.63, 3.8) is 0 Å². The molecule has 0 saturated heterocycles. The Bertz CT molecular complexity index is 27.5. The van der Waals surface area contributed by atoms with E-state index < -0.39 is 0 Å². The van der Waals surface area contributed by atoms with Crippen molar-refractivity contribution in [2.45, 2.75) is 7.43 Å². The van der Waals surface area contributed by atoms with Gasteiger partial charge in [0.1, 0.15) is 0 Å². The second-order valence-corrected chi connectivity index (χ2v) is 0.592. The van der Waals surface area contributed by atoms with Gasteiger partial charge in [0.15, 0.2) is 0 Å². The third-order valence-corrected chi connectivity index (χ3v) is 0. The first-order valence-electron chi connectivity index (χ1n) is 0.447. The monoisotopic (exact) mass is 135 g/mol. The first-order valence-corrected chi connectivity index (χ1v) is 1.55.